The summed E-state index contributed by atoms with van der Waals surface area (Å²) in [4.78, 5) is 29.8. The third-order valence-corrected chi connectivity index (χ3v) is 15.6. The highest BCUT2D eigenvalue weighted by Crippen LogP contribution is 2.37. The second kappa shape index (κ2) is 12.9. The number of nitrogens with one attached hydrogen (secondary N) is 1. The SMILES string of the molecule is Cc1c(I)c(=O)n(C2CCCC2)c2nc(Nc3ccc(N4CCC(CCCO[Si](C)(C)C(C)(C)C)CC4)cn3)ncc12. The zero-order valence-corrected chi connectivity index (χ0v) is 29.3. The van der Waals surface area contributed by atoms with Gasteiger partial charge < -0.3 is 14.6 Å². The van der Waals surface area contributed by atoms with Crippen LogP contribution >= 0.6 is 22.6 Å². The minimum absolute atomic E-state index is 0.0582. The van der Waals surface area contributed by atoms with Crippen LogP contribution in [0.25, 0.3) is 11.0 Å². The van der Waals surface area contributed by atoms with Crippen LogP contribution in [0.5, 0.6) is 0 Å². The molecule has 10 heteroatoms. The first-order valence-corrected chi connectivity index (χ1v) is 19.6. The van der Waals surface area contributed by atoms with E-state index in [1.54, 1.807) is 0 Å². The van der Waals surface area contributed by atoms with E-state index in [-0.39, 0.29) is 16.6 Å². The smallest absolute Gasteiger partial charge is 0.266 e. The number of rotatable bonds is 9. The molecule has 0 spiro atoms. The highest BCUT2D eigenvalue weighted by Gasteiger charge is 2.37. The maximum Gasteiger partial charge on any atom is 0.266 e. The Bertz CT molecular complexity index is 1440. The van der Waals surface area contributed by atoms with Gasteiger partial charge in [-0.1, -0.05) is 33.6 Å². The van der Waals surface area contributed by atoms with Crippen LogP contribution in [0.1, 0.15) is 83.7 Å². The van der Waals surface area contributed by atoms with Gasteiger partial charge >= 0.3 is 0 Å². The number of aryl methyl sites for hydroxylation is 1. The Morgan fingerprint density at radius 1 is 1.07 bits per heavy atom. The molecular formula is C32H47IN6O2Si. The highest BCUT2D eigenvalue weighted by molar-refractivity contribution is 14.1. The van der Waals surface area contributed by atoms with Gasteiger partial charge in [-0.25, -0.2) is 9.97 Å². The lowest BCUT2D eigenvalue weighted by Gasteiger charge is -2.36. The lowest BCUT2D eigenvalue weighted by Crippen LogP contribution is -2.41. The number of nitrogens with zero attached hydrogens (tertiary/aromatic N) is 5. The molecule has 42 heavy (non-hydrogen) atoms. The fourth-order valence-electron chi connectivity index (χ4n) is 6.02. The summed E-state index contributed by atoms with van der Waals surface area (Å²) in [6, 6.07) is 4.33. The standard InChI is InChI=1S/C32H47IN6O2Si/c1-22-26-21-35-31(37-29(26)39(30(40)28(22)33)24-11-7-8-12-24)36-27-14-13-25(20-34-27)38-17-15-23(16-18-38)10-9-19-41-42(5,6)32(2,3)4/h13-14,20-21,23-24H,7-12,15-19H2,1-6H3,(H,34,35,36,37). The molecule has 1 saturated heterocycles. The van der Waals surface area contributed by atoms with Crippen LogP contribution in [0.3, 0.4) is 0 Å². The van der Waals surface area contributed by atoms with Gasteiger partial charge in [-0.3, -0.25) is 9.36 Å². The highest BCUT2D eigenvalue weighted by atomic mass is 127. The summed E-state index contributed by atoms with van der Waals surface area (Å²) in [7, 11) is -1.65. The summed E-state index contributed by atoms with van der Waals surface area (Å²) >= 11 is 2.17. The second-order valence-corrected chi connectivity index (χ2v) is 19.6. The van der Waals surface area contributed by atoms with E-state index in [1.165, 1.54) is 19.3 Å². The Hall–Kier alpha value is -2.05. The zero-order valence-electron chi connectivity index (χ0n) is 26.2. The summed E-state index contributed by atoms with van der Waals surface area (Å²) in [6.07, 6.45) is 13.0. The van der Waals surface area contributed by atoms with Crippen molar-refractivity contribution in [1.82, 2.24) is 19.5 Å². The number of anilines is 3. The molecule has 2 aliphatic rings. The molecule has 3 aromatic heterocycles. The van der Waals surface area contributed by atoms with Crippen molar-refractivity contribution in [3.05, 3.63) is 44.0 Å². The fraction of sp³-hybridized carbons (Fsp3) is 0.625. The average Bonchev–Trinajstić information content (AvgIpc) is 3.49. The Kier molecular flexibility index (Phi) is 9.63. The molecular weight excluding hydrogens is 655 g/mol. The summed E-state index contributed by atoms with van der Waals surface area (Å²) in [5, 5.41) is 4.49. The number of pyridine rings is 2. The Labute approximate surface area is 265 Å². The van der Waals surface area contributed by atoms with Gasteiger partial charge in [0.25, 0.3) is 5.56 Å². The molecule has 0 aromatic carbocycles. The maximum absolute atomic E-state index is 13.3. The molecule has 0 unspecified atom stereocenters. The van der Waals surface area contributed by atoms with Crippen molar-refractivity contribution in [3.63, 3.8) is 0 Å². The molecule has 3 aromatic rings. The molecule has 228 valence electrons. The Morgan fingerprint density at radius 2 is 1.79 bits per heavy atom. The van der Waals surface area contributed by atoms with Crippen LogP contribution in [0, 0.1) is 16.4 Å². The normalized spacial score (nSPS) is 17.4. The summed E-state index contributed by atoms with van der Waals surface area (Å²) in [5.74, 6) is 1.94. The summed E-state index contributed by atoms with van der Waals surface area (Å²) in [5.41, 5.74) is 2.87. The van der Waals surface area contributed by atoms with Crippen molar-refractivity contribution in [2.45, 2.75) is 103 Å². The molecule has 2 fully saturated rings. The molecule has 0 amide bonds. The Morgan fingerprint density at radius 3 is 2.43 bits per heavy atom. The van der Waals surface area contributed by atoms with Crippen LogP contribution in [0.4, 0.5) is 17.5 Å². The molecule has 8 nitrogen and oxygen atoms in total. The summed E-state index contributed by atoms with van der Waals surface area (Å²) in [6.45, 7) is 16.6. The summed E-state index contributed by atoms with van der Waals surface area (Å²) < 4.78 is 9.05. The quantitative estimate of drug-likeness (QED) is 0.138. The van der Waals surface area contributed by atoms with Crippen LogP contribution in [-0.2, 0) is 4.43 Å². The predicted octanol–water partition coefficient (Wildman–Crippen LogP) is 7.98. The van der Waals surface area contributed by atoms with Gasteiger partial charge in [0, 0.05) is 37.3 Å². The van der Waals surface area contributed by atoms with E-state index < -0.39 is 8.32 Å². The first kappa shape index (κ1) is 31.4. The molecule has 0 radical (unpaired) electrons. The molecule has 0 bridgehead atoms. The van der Waals surface area contributed by atoms with Crippen LogP contribution in [0.2, 0.25) is 18.1 Å². The van der Waals surface area contributed by atoms with Gasteiger partial charge in [0.2, 0.25) is 5.95 Å². The lowest BCUT2D eigenvalue weighted by molar-refractivity contribution is 0.259. The largest absolute Gasteiger partial charge is 0.417 e. The van der Waals surface area contributed by atoms with Crippen molar-refractivity contribution in [2.24, 2.45) is 5.92 Å². The van der Waals surface area contributed by atoms with E-state index >= 15 is 0 Å². The van der Waals surface area contributed by atoms with E-state index in [1.807, 2.05) is 30.0 Å². The van der Waals surface area contributed by atoms with Crippen molar-refractivity contribution in [3.8, 4) is 0 Å². The van der Waals surface area contributed by atoms with Gasteiger partial charge in [-0.05, 0) is 110 Å². The molecule has 0 atom stereocenters. The van der Waals surface area contributed by atoms with Crippen LogP contribution < -0.4 is 15.8 Å². The van der Waals surface area contributed by atoms with E-state index in [2.05, 4.69) is 82.7 Å². The molecule has 5 rings (SSSR count). The van der Waals surface area contributed by atoms with E-state index in [4.69, 9.17) is 9.41 Å². The van der Waals surface area contributed by atoms with Crippen LogP contribution in [-0.4, -0.2) is 47.5 Å². The fourth-order valence-corrected chi connectivity index (χ4v) is 7.66. The number of aromatic nitrogens is 4. The number of halogens is 1. The predicted molar refractivity (Wildman–Crippen MR) is 184 cm³/mol. The van der Waals surface area contributed by atoms with Gasteiger partial charge in [0.05, 0.1) is 15.5 Å². The monoisotopic (exact) mass is 702 g/mol. The third kappa shape index (κ3) is 6.85. The van der Waals surface area contributed by atoms with E-state index in [0.29, 0.717) is 17.4 Å². The van der Waals surface area contributed by atoms with Crippen LogP contribution in [0.15, 0.2) is 29.3 Å². The van der Waals surface area contributed by atoms with Gasteiger partial charge in [0.1, 0.15) is 11.5 Å². The minimum atomic E-state index is -1.65. The minimum Gasteiger partial charge on any atom is -0.417 e. The maximum atomic E-state index is 13.3. The topological polar surface area (TPSA) is 85.2 Å². The molecule has 1 aliphatic carbocycles. The van der Waals surface area contributed by atoms with Crippen molar-refractivity contribution >= 4 is 59.4 Å². The van der Waals surface area contributed by atoms with E-state index in [9.17, 15) is 4.79 Å². The first-order valence-electron chi connectivity index (χ1n) is 15.6. The van der Waals surface area contributed by atoms with Gasteiger partial charge in [0.15, 0.2) is 8.32 Å². The molecule has 1 N–H and O–H groups in total. The average molecular weight is 703 g/mol. The molecule has 4 heterocycles. The lowest BCUT2D eigenvalue weighted by atomic mass is 9.92. The molecule has 1 aliphatic heterocycles. The van der Waals surface area contributed by atoms with Crippen molar-refractivity contribution in [1.29, 1.82) is 0 Å². The van der Waals surface area contributed by atoms with Crippen molar-refractivity contribution in [2.75, 3.05) is 29.9 Å². The third-order valence-electron chi connectivity index (χ3n) is 9.82. The van der Waals surface area contributed by atoms with Gasteiger partial charge in [-0.2, -0.15) is 4.98 Å². The zero-order chi connectivity index (χ0) is 30.1. The Balaban J connectivity index is 1.18. The molecule has 1 saturated carbocycles. The van der Waals surface area contributed by atoms with Crippen molar-refractivity contribution < 1.29 is 4.43 Å². The number of hydrogen-bond donors (Lipinski definition) is 1. The van der Waals surface area contributed by atoms with Gasteiger partial charge in [-0.15, -0.1) is 0 Å². The number of piperidine rings is 1. The second-order valence-electron chi connectivity index (χ2n) is 13.7. The number of hydrogen-bond acceptors (Lipinski definition) is 7. The number of fused-ring (bicyclic) bond motifs is 1. The van der Waals surface area contributed by atoms with E-state index in [0.717, 1.165) is 77.9 Å². The first-order chi connectivity index (χ1) is 19.9.